The van der Waals surface area contributed by atoms with Crippen molar-refractivity contribution in [3.8, 4) is 0 Å². The molecule has 0 saturated heterocycles. The highest BCUT2D eigenvalue weighted by atomic mass is 31.2. The lowest BCUT2D eigenvalue weighted by molar-refractivity contribution is -0.870. The van der Waals surface area contributed by atoms with Gasteiger partial charge in [-0.2, -0.15) is 0 Å². The number of hydrogen-bond acceptors (Lipinski definition) is 7. The predicted molar refractivity (Wildman–Crippen MR) is 331 cm³/mol. The minimum Gasteiger partial charge on any atom is -0.462 e. The summed E-state index contributed by atoms with van der Waals surface area (Å²) >= 11 is 0. The quantitative estimate of drug-likeness (QED) is 0.0211. The van der Waals surface area contributed by atoms with Gasteiger partial charge in [0, 0.05) is 12.8 Å². The molecule has 1 N–H and O–H groups in total. The third kappa shape index (κ3) is 63.8. The van der Waals surface area contributed by atoms with E-state index in [9.17, 15) is 19.0 Å². The van der Waals surface area contributed by atoms with Crippen molar-refractivity contribution < 1.29 is 42.1 Å². The number of carbonyl (C=O) groups is 2. The first-order valence-electron chi connectivity index (χ1n) is 33.9. The first kappa shape index (κ1) is 75.8. The van der Waals surface area contributed by atoms with Crippen molar-refractivity contribution >= 4 is 19.8 Å². The van der Waals surface area contributed by atoms with Gasteiger partial charge < -0.3 is 18.9 Å². The van der Waals surface area contributed by atoms with Crippen LogP contribution in [0.1, 0.15) is 354 Å². The molecule has 77 heavy (non-hydrogen) atoms. The molecule has 0 fully saturated rings. The van der Waals surface area contributed by atoms with Crippen molar-refractivity contribution in [3.63, 3.8) is 0 Å². The Hall–Kier alpha value is -1.25. The summed E-state index contributed by atoms with van der Waals surface area (Å²) in [5, 5.41) is 0. The van der Waals surface area contributed by atoms with E-state index < -0.39 is 26.5 Å². The molecule has 10 heteroatoms. The van der Waals surface area contributed by atoms with E-state index in [0.717, 1.165) is 32.1 Å². The van der Waals surface area contributed by atoms with E-state index in [1.807, 2.05) is 21.1 Å². The molecule has 2 unspecified atom stereocenters. The van der Waals surface area contributed by atoms with E-state index in [0.29, 0.717) is 23.9 Å². The first-order chi connectivity index (χ1) is 37.5. The lowest BCUT2D eigenvalue weighted by Crippen LogP contribution is -2.37. The molecule has 0 aliphatic carbocycles. The summed E-state index contributed by atoms with van der Waals surface area (Å²) < 4.78 is 34.7. The third-order valence-electron chi connectivity index (χ3n) is 15.5. The van der Waals surface area contributed by atoms with E-state index >= 15 is 0 Å². The maximum absolute atomic E-state index is 12.8. The maximum Gasteiger partial charge on any atom is 0.472 e. The molecule has 9 nitrogen and oxygen atoms in total. The number of ether oxygens (including phenoxy) is 2. The fraction of sp³-hybridized carbons (Fsp3) is 0.940. The minimum absolute atomic E-state index is 0.0352. The Bertz CT molecular complexity index is 1300. The number of quaternary nitrogens is 1. The maximum atomic E-state index is 12.8. The van der Waals surface area contributed by atoms with E-state index in [2.05, 4.69) is 26.0 Å². The predicted octanol–water partition coefficient (Wildman–Crippen LogP) is 21.6. The molecule has 0 aromatic rings. The summed E-state index contributed by atoms with van der Waals surface area (Å²) in [5.41, 5.74) is 0. The van der Waals surface area contributed by atoms with Gasteiger partial charge in [0.15, 0.2) is 6.10 Å². The van der Waals surface area contributed by atoms with Gasteiger partial charge in [0.25, 0.3) is 0 Å². The average Bonchev–Trinajstić information content (AvgIpc) is 3.39. The second-order valence-electron chi connectivity index (χ2n) is 24.6. The summed E-state index contributed by atoms with van der Waals surface area (Å²) in [4.78, 5) is 35.8. The topological polar surface area (TPSA) is 108 Å². The number of hydrogen-bond donors (Lipinski definition) is 1. The summed E-state index contributed by atoms with van der Waals surface area (Å²) in [7, 11) is 1.50. The number of unbranched alkanes of at least 4 members (excludes halogenated alkanes) is 48. The molecular weight excluding hydrogens is 978 g/mol. The lowest BCUT2D eigenvalue weighted by Gasteiger charge is -2.24. The van der Waals surface area contributed by atoms with E-state index in [-0.39, 0.29) is 25.6 Å². The molecule has 0 amide bonds. The van der Waals surface area contributed by atoms with Crippen LogP contribution in [0, 0.1) is 0 Å². The Morgan fingerprint density at radius 3 is 0.961 bits per heavy atom. The molecule has 0 saturated carbocycles. The molecule has 0 aromatic heterocycles. The normalized spacial score (nSPS) is 13.2. The number of phosphoric acid groups is 1. The van der Waals surface area contributed by atoms with Crippen LogP contribution < -0.4 is 0 Å². The van der Waals surface area contributed by atoms with Gasteiger partial charge in [-0.25, -0.2) is 4.57 Å². The van der Waals surface area contributed by atoms with Gasteiger partial charge in [0.2, 0.25) is 0 Å². The zero-order valence-electron chi connectivity index (χ0n) is 52.2. The van der Waals surface area contributed by atoms with Crippen molar-refractivity contribution in [2.75, 3.05) is 47.5 Å². The molecule has 458 valence electrons. The van der Waals surface area contributed by atoms with Crippen LogP contribution in [0.2, 0.25) is 0 Å². The lowest BCUT2D eigenvalue weighted by atomic mass is 10.0. The van der Waals surface area contributed by atoms with Crippen LogP contribution in [-0.2, 0) is 32.7 Å². The van der Waals surface area contributed by atoms with Gasteiger partial charge in [0.05, 0.1) is 27.7 Å². The number of allylic oxidation sites excluding steroid dienone is 2. The molecule has 0 heterocycles. The fourth-order valence-electron chi connectivity index (χ4n) is 10.3. The van der Waals surface area contributed by atoms with Gasteiger partial charge in [0.1, 0.15) is 19.8 Å². The van der Waals surface area contributed by atoms with Gasteiger partial charge in [-0.1, -0.05) is 315 Å². The standard InChI is InChI=1S/C67H132NO8P/c1-6-8-10-12-14-16-18-20-22-24-26-27-28-29-30-31-32-33-34-35-36-37-38-39-40-42-43-45-47-49-51-53-55-57-59-66(69)73-63-65(64-75-77(71,72)74-62-61-68(3,4)5)76-67(70)60-58-56-54-52-50-48-46-44-41-25-23-21-19-17-15-13-11-9-7-2/h21,23,65H,6-20,22,24-64H2,1-5H3/p+1/b23-21-. The van der Waals surface area contributed by atoms with Crippen LogP contribution in [0.3, 0.4) is 0 Å². The molecular formula is C67H133NO8P+. The Balaban J connectivity index is 3.93. The van der Waals surface area contributed by atoms with E-state index in [1.165, 1.54) is 289 Å². The van der Waals surface area contributed by atoms with Gasteiger partial charge >= 0.3 is 19.8 Å². The van der Waals surface area contributed by atoms with Crippen LogP contribution in [0.5, 0.6) is 0 Å². The Morgan fingerprint density at radius 1 is 0.390 bits per heavy atom. The molecule has 2 atom stereocenters. The van der Waals surface area contributed by atoms with Crippen molar-refractivity contribution in [2.45, 2.75) is 360 Å². The summed E-state index contributed by atoms with van der Waals surface area (Å²) in [6, 6.07) is 0. The average molecular weight is 1110 g/mol. The Morgan fingerprint density at radius 2 is 0.662 bits per heavy atom. The minimum atomic E-state index is -4.38. The largest absolute Gasteiger partial charge is 0.472 e. The summed E-state index contributed by atoms with van der Waals surface area (Å²) in [6.07, 6.45) is 71.8. The molecule has 0 aliphatic rings. The molecule has 0 aromatic carbocycles. The SMILES string of the molecule is CCCCCCCC/C=C\CCCCCCCCCCCC(=O)OC(COC(=O)CCCCCCCCCCCCCCCCCCCCCCCCCCCCCCCCCCCC)COP(=O)(O)OCC[N+](C)(C)C. The van der Waals surface area contributed by atoms with Crippen molar-refractivity contribution in [1.29, 1.82) is 0 Å². The number of carbonyl (C=O) groups excluding carboxylic acids is 2. The summed E-state index contributed by atoms with van der Waals surface area (Å²) in [6.45, 7) is 4.50. The number of nitrogens with zero attached hydrogens (tertiary/aromatic N) is 1. The monoisotopic (exact) mass is 1110 g/mol. The molecule has 0 aliphatic heterocycles. The van der Waals surface area contributed by atoms with Crippen LogP contribution >= 0.6 is 7.82 Å². The number of esters is 2. The molecule has 0 radical (unpaired) electrons. The van der Waals surface area contributed by atoms with Crippen LogP contribution in [0.25, 0.3) is 0 Å². The zero-order chi connectivity index (χ0) is 56.3. The second-order valence-corrected chi connectivity index (χ2v) is 26.0. The Kier molecular flexibility index (Phi) is 58.4. The smallest absolute Gasteiger partial charge is 0.462 e. The van der Waals surface area contributed by atoms with Crippen molar-refractivity contribution in [3.05, 3.63) is 12.2 Å². The fourth-order valence-corrected chi connectivity index (χ4v) is 11.1. The van der Waals surface area contributed by atoms with E-state index in [1.54, 1.807) is 0 Å². The van der Waals surface area contributed by atoms with Crippen LogP contribution in [0.4, 0.5) is 0 Å². The first-order valence-corrected chi connectivity index (χ1v) is 35.4. The molecule has 0 rings (SSSR count). The van der Waals surface area contributed by atoms with Crippen LogP contribution in [0.15, 0.2) is 12.2 Å². The molecule has 0 spiro atoms. The third-order valence-corrected chi connectivity index (χ3v) is 16.5. The van der Waals surface area contributed by atoms with Crippen LogP contribution in [-0.4, -0.2) is 74.9 Å². The van der Waals surface area contributed by atoms with Gasteiger partial charge in [-0.05, 0) is 38.5 Å². The molecule has 0 bridgehead atoms. The number of rotatable bonds is 64. The number of likely N-dealkylation sites (N-methyl/N-ethyl adjacent to an activating group) is 1. The summed E-state index contributed by atoms with van der Waals surface area (Å²) in [5.74, 6) is -0.778. The van der Waals surface area contributed by atoms with Gasteiger partial charge in [-0.3, -0.25) is 18.6 Å². The highest BCUT2D eigenvalue weighted by Crippen LogP contribution is 2.43. The van der Waals surface area contributed by atoms with E-state index in [4.69, 9.17) is 18.5 Å². The van der Waals surface area contributed by atoms with Gasteiger partial charge in [-0.15, -0.1) is 0 Å². The van der Waals surface area contributed by atoms with Crippen molar-refractivity contribution in [2.24, 2.45) is 0 Å². The highest BCUT2D eigenvalue weighted by molar-refractivity contribution is 7.47. The highest BCUT2D eigenvalue weighted by Gasteiger charge is 2.27. The number of phosphoric ester groups is 1. The Labute approximate surface area is 479 Å². The second kappa shape index (κ2) is 59.4. The van der Waals surface area contributed by atoms with Crippen molar-refractivity contribution in [1.82, 2.24) is 0 Å². The zero-order valence-corrected chi connectivity index (χ0v) is 53.1.